The number of aryl methyl sites for hydroxylation is 1. The van der Waals surface area contributed by atoms with Crippen LogP contribution in [0.4, 0.5) is 0 Å². The van der Waals surface area contributed by atoms with Crippen molar-refractivity contribution < 1.29 is 0 Å². The van der Waals surface area contributed by atoms with Crippen LogP contribution in [0.25, 0.3) is 16.8 Å². The van der Waals surface area contributed by atoms with E-state index in [0.29, 0.717) is 5.92 Å². The lowest BCUT2D eigenvalue weighted by molar-refractivity contribution is 0.684. The van der Waals surface area contributed by atoms with Crippen molar-refractivity contribution in [1.82, 2.24) is 15.1 Å². The highest BCUT2D eigenvalue weighted by Gasteiger charge is 2.25. The Kier molecular flexibility index (Phi) is 3.72. The van der Waals surface area contributed by atoms with Crippen LogP contribution in [0.2, 0.25) is 0 Å². The number of hydrogen-bond donors (Lipinski definition) is 1. The normalized spacial score (nSPS) is 17.5. The van der Waals surface area contributed by atoms with E-state index in [2.05, 4.69) is 65.5 Å². The number of rotatable bonds is 3. The Morgan fingerprint density at radius 1 is 1.00 bits per heavy atom. The molecule has 1 atom stereocenters. The van der Waals surface area contributed by atoms with Crippen LogP contribution in [0.1, 0.15) is 23.6 Å². The summed E-state index contributed by atoms with van der Waals surface area (Å²) >= 11 is 0. The van der Waals surface area contributed by atoms with Crippen LogP contribution in [0, 0.1) is 6.92 Å². The molecule has 3 heteroatoms. The van der Waals surface area contributed by atoms with E-state index in [-0.39, 0.29) is 0 Å². The minimum atomic E-state index is 0.507. The molecule has 0 radical (unpaired) electrons. The van der Waals surface area contributed by atoms with Crippen LogP contribution in [0.5, 0.6) is 0 Å². The second-order valence-corrected chi connectivity index (χ2v) is 6.20. The highest BCUT2D eigenvalue weighted by atomic mass is 15.3. The van der Waals surface area contributed by atoms with Crippen molar-refractivity contribution in [2.24, 2.45) is 0 Å². The molecular formula is C20H21N3. The number of nitrogens with zero attached hydrogens (tertiary/aromatic N) is 2. The lowest BCUT2D eigenvalue weighted by Gasteiger charge is -2.16. The smallest absolute Gasteiger partial charge is 0.0649 e. The molecular weight excluding hydrogens is 282 g/mol. The molecule has 116 valence electrons. The van der Waals surface area contributed by atoms with Gasteiger partial charge in [-0.15, -0.1) is 0 Å². The predicted octanol–water partition coefficient (Wildman–Crippen LogP) is 3.92. The Hall–Kier alpha value is -2.39. The average molecular weight is 303 g/mol. The van der Waals surface area contributed by atoms with Crippen molar-refractivity contribution in [3.05, 3.63) is 72.1 Å². The minimum absolute atomic E-state index is 0.507. The quantitative estimate of drug-likeness (QED) is 0.794. The van der Waals surface area contributed by atoms with Crippen LogP contribution >= 0.6 is 0 Å². The maximum atomic E-state index is 4.74. The molecule has 0 bridgehead atoms. The van der Waals surface area contributed by atoms with Crippen molar-refractivity contribution in [1.29, 1.82) is 0 Å². The highest BCUT2D eigenvalue weighted by molar-refractivity contribution is 5.70. The van der Waals surface area contributed by atoms with Crippen LogP contribution in [0.15, 0.2) is 60.8 Å². The van der Waals surface area contributed by atoms with Crippen molar-refractivity contribution in [2.45, 2.75) is 19.3 Å². The summed E-state index contributed by atoms with van der Waals surface area (Å²) in [5.74, 6) is 0.507. The summed E-state index contributed by atoms with van der Waals surface area (Å²) in [6.07, 6.45) is 3.19. The van der Waals surface area contributed by atoms with Gasteiger partial charge in [0.2, 0.25) is 0 Å². The van der Waals surface area contributed by atoms with Gasteiger partial charge in [-0.1, -0.05) is 42.5 Å². The van der Waals surface area contributed by atoms with Gasteiger partial charge in [0.05, 0.1) is 17.6 Å². The zero-order chi connectivity index (χ0) is 15.6. The standard InChI is InChI=1S/C20H21N3/c1-15-7-5-6-10-18(15)19-14-22-23(17-8-3-2-4-9-17)20(19)16-11-12-21-13-16/h2-10,14,16,21H,11-13H2,1H3. The Morgan fingerprint density at radius 3 is 2.52 bits per heavy atom. The Bertz CT molecular complexity index is 799. The first-order chi connectivity index (χ1) is 11.3. The van der Waals surface area contributed by atoms with Crippen molar-refractivity contribution in [2.75, 3.05) is 13.1 Å². The minimum Gasteiger partial charge on any atom is -0.316 e. The maximum Gasteiger partial charge on any atom is 0.0649 e. The topological polar surface area (TPSA) is 29.9 Å². The second kappa shape index (κ2) is 6.01. The molecule has 2 heterocycles. The third-order valence-electron chi connectivity index (χ3n) is 4.69. The van der Waals surface area contributed by atoms with Gasteiger partial charge in [0.25, 0.3) is 0 Å². The molecule has 3 aromatic rings. The Labute approximate surface area is 137 Å². The van der Waals surface area contributed by atoms with Gasteiger partial charge in [-0.3, -0.25) is 0 Å². The van der Waals surface area contributed by atoms with Crippen molar-refractivity contribution in [3.63, 3.8) is 0 Å². The van der Waals surface area contributed by atoms with E-state index in [1.807, 2.05) is 12.3 Å². The average Bonchev–Trinajstić information content (AvgIpc) is 3.25. The number of hydrogen-bond acceptors (Lipinski definition) is 2. The molecule has 1 aromatic heterocycles. The van der Waals surface area contributed by atoms with Crippen LogP contribution in [-0.4, -0.2) is 22.9 Å². The molecule has 3 nitrogen and oxygen atoms in total. The van der Waals surface area contributed by atoms with Gasteiger partial charge in [0.15, 0.2) is 0 Å². The Morgan fingerprint density at radius 2 is 1.78 bits per heavy atom. The molecule has 4 rings (SSSR count). The van der Waals surface area contributed by atoms with Gasteiger partial charge in [0.1, 0.15) is 0 Å². The van der Waals surface area contributed by atoms with Gasteiger partial charge < -0.3 is 5.32 Å². The fourth-order valence-electron chi connectivity index (χ4n) is 3.50. The number of benzene rings is 2. The molecule has 1 aliphatic heterocycles. The molecule has 1 aliphatic rings. The number of para-hydroxylation sites is 1. The third-order valence-corrected chi connectivity index (χ3v) is 4.69. The van der Waals surface area contributed by atoms with Gasteiger partial charge >= 0.3 is 0 Å². The summed E-state index contributed by atoms with van der Waals surface area (Å²) in [4.78, 5) is 0. The fraction of sp³-hybridized carbons (Fsp3) is 0.250. The molecule has 1 saturated heterocycles. The number of nitrogens with one attached hydrogen (secondary N) is 1. The maximum absolute atomic E-state index is 4.74. The fourth-order valence-corrected chi connectivity index (χ4v) is 3.50. The molecule has 0 amide bonds. The summed E-state index contributed by atoms with van der Waals surface area (Å²) in [5, 5.41) is 8.23. The lowest BCUT2D eigenvalue weighted by Crippen LogP contribution is -2.12. The van der Waals surface area contributed by atoms with E-state index in [0.717, 1.165) is 25.2 Å². The van der Waals surface area contributed by atoms with Gasteiger partial charge in [-0.25, -0.2) is 4.68 Å². The van der Waals surface area contributed by atoms with E-state index in [1.54, 1.807) is 0 Å². The second-order valence-electron chi connectivity index (χ2n) is 6.20. The lowest BCUT2D eigenvalue weighted by atomic mass is 9.94. The Balaban J connectivity index is 1.90. The van der Waals surface area contributed by atoms with Crippen LogP contribution < -0.4 is 5.32 Å². The first kappa shape index (κ1) is 14.2. The van der Waals surface area contributed by atoms with E-state index in [1.165, 1.54) is 22.4 Å². The molecule has 2 aromatic carbocycles. The first-order valence-electron chi connectivity index (χ1n) is 8.24. The first-order valence-corrected chi connectivity index (χ1v) is 8.24. The molecule has 0 spiro atoms. The zero-order valence-corrected chi connectivity index (χ0v) is 13.4. The summed E-state index contributed by atoms with van der Waals surface area (Å²) in [6, 6.07) is 19.0. The van der Waals surface area contributed by atoms with Gasteiger partial charge in [0, 0.05) is 18.0 Å². The van der Waals surface area contributed by atoms with Crippen molar-refractivity contribution in [3.8, 4) is 16.8 Å². The van der Waals surface area contributed by atoms with Gasteiger partial charge in [-0.05, 0) is 43.1 Å². The SMILES string of the molecule is Cc1ccccc1-c1cnn(-c2ccccc2)c1C1CCNC1. The van der Waals surface area contributed by atoms with E-state index in [9.17, 15) is 0 Å². The zero-order valence-electron chi connectivity index (χ0n) is 13.4. The molecule has 0 aliphatic carbocycles. The summed E-state index contributed by atoms with van der Waals surface area (Å²) in [5.41, 5.74) is 6.31. The highest BCUT2D eigenvalue weighted by Crippen LogP contribution is 2.35. The summed E-state index contributed by atoms with van der Waals surface area (Å²) in [7, 11) is 0. The molecule has 1 fully saturated rings. The predicted molar refractivity (Wildman–Crippen MR) is 94.0 cm³/mol. The van der Waals surface area contributed by atoms with E-state index in [4.69, 9.17) is 5.10 Å². The molecule has 1 unspecified atom stereocenters. The third kappa shape index (κ3) is 2.57. The van der Waals surface area contributed by atoms with E-state index < -0.39 is 0 Å². The molecule has 23 heavy (non-hydrogen) atoms. The molecule has 0 saturated carbocycles. The van der Waals surface area contributed by atoms with Gasteiger partial charge in [-0.2, -0.15) is 5.10 Å². The summed E-state index contributed by atoms with van der Waals surface area (Å²) in [6.45, 7) is 4.28. The largest absolute Gasteiger partial charge is 0.316 e. The summed E-state index contributed by atoms with van der Waals surface area (Å²) < 4.78 is 2.12. The monoisotopic (exact) mass is 303 g/mol. The van der Waals surface area contributed by atoms with Crippen LogP contribution in [-0.2, 0) is 0 Å². The van der Waals surface area contributed by atoms with Crippen molar-refractivity contribution >= 4 is 0 Å². The number of aromatic nitrogens is 2. The molecule has 1 N–H and O–H groups in total. The van der Waals surface area contributed by atoms with Crippen LogP contribution in [0.3, 0.4) is 0 Å². The van der Waals surface area contributed by atoms with E-state index >= 15 is 0 Å².